The van der Waals surface area contributed by atoms with Gasteiger partial charge >= 0.3 is 5.97 Å². The molecule has 0 amide bonds. The Morgan fingerprint density at radius 3 is 2.59 bits per heavy atom. The van der Waals surface area contributed by atoms with Crippen LogP contribution in [0.25, 0.3) is 10.8 Å². The van der Waals surface area contributed by atoms with Crippen molar-refractivity contribution in [3.63, 3.8) is 0 Å². The average molecular weight is 496 g/mol. The number of aliphatic carboxylic acids is 1. The highest BCUT2D eigenvalue weighted by Gasteiger charge is 2.28. The van der Waals surface area contributed by atoms with E-state index in [9.17, 15) is 4.79 Å². The molecule has 0 saturated heterocycles. The smallest absolute Gasteiger partial charge is 0.341 e. The molecule has 0 aliphatic carbocycles. The zero-order valence-corrected chi connectivity index (χ0v) is 21.4. The summed E-state index contributed by atoms with van der Waals surface area (Å²) in [6, 6.07) is 29.1. The van der Waals surface area contributed by atoms with Gasteiger partial charge in [0.05, 0.1) is 12.2 Å². The van der Waals surface area contributed by atoms with Crippen LogP contribution >= 0.6 is 0 Å². The summed E-state index contributed by atoms with van der Waals surface area (Å²) < 4.78 is 12.0. The van der Waals surface area contributed by atoms with Gasteiger partial charge in [-0.25, -0.2) is 4.79 Å². The molecule has 5 heteroatoms. The van der Waals surface area contributed by atoms with E-state index in [4.69, 9.17) is 14.6 Å². The van der Waals surface area contributed by atoms with Crippen LogP contribution in [0.5, 0.6) is 11.5 Å². The van der Waals surface area contributed by atoms with Crippen molar-refractivity contribution in [2.45, 2.75) is 45.1 Å². The fraction of sp³-hybridized carbons (Fsp3) is 0.281. The predicted octanol–water partition coefficient (Wildman–Crippen LogP) is 7.48. The Labute approximate surface area is 218 Å². The lowest BCUT2D eigenvalue weighted by atomic mass is 9.90. The Kier molecular flexibility index (Phi) is 7.31. The van der Waals surface area contributed by atoms with E-state index >= 15 is 0 Å². The Hall–Kier alpha value is -3.99. The van der Waals surface area contributed by atoms with Crippen molar-refractivity contribution >= 4 is 28.1 Å². The number of rotatable bonds is 9. The van der Waals surface area contributed by atoms with Gasteiger partial charge in [-0.2, -0.15) is 0 Å². The van der Waals surface area contributed by atoms with Crippen LogP contribution in [-0.4, -0.2) is 30.3 Å². The molecule has 0 radical (unpaired) electrons. The van der Waals surface area contributed by atoms with Gasteiger partial charge in [-0.05, 0) is 72.7 Å². The summed E-state index contributed by atoms with van der Waals surface area (Å²) in [5.74, 6) is 0.934. The van der Waals surface area contributed by atoms with Gasteiger partial charge in [-0.15, -0.1) is 0 Å². The first-order chi connectivity index (χ1) is 18.0. The van der Waals surface area contributed by atoms with Crippen molar-refractivity contribution in [1.29, 1.82) is 0 Å². The van der Waals surface area contributed by atoms with Gasteiger partial charge in [0.25, 0.3) is 0 Å². The van der Waals surface area contributed by atoms with E-state index in [0.717, 1.165) is 48.5 Å². The van der Waals surface area contributed by atoms with Crippen LogP contribution in [0.15, 0.2) is 84.9 Å². The van der Waals surface area contributed by atoms with Crippen LogP contribution in [-0.2, 0) is 4.79 Å². The van der Waals surface area contributed by atoms with Crippen molar-refractivity contribution in [2.75, 3.05) is 18.1 Å². The van der Waals surface area contributed by atoms with Crippen LogP contribution in [0.4, 0.5) is 11.4 Å². The molecule has 190 valence electrons. The monoisotopic (exact) mass is 495 g/mol. The number of fused-ring (bicyclic) bond motifs is 2. The lowest BCUT2D eigenvalue weighted by Crippen LogP contribution is -2.37. The van der Waals surface area contributed by atoms with Gasteiger partial charge < -0.3 is 19.5 Å². The largest absolute Gasteiger partial charge is 0.486 e. The molecule has 4 aromatic rings. The first kappa shape index (κ1) is 24.7. The number of nitrogens with zero attached hydrogens (tertiary/aromatic N) is 1. The summed E-state index contributed by atoms with van der Waals surface area (Å²) in [6.07, 6.45) is 3.16. The highest BCUT2D eigenvalue weighted by molar-refractivity contribution is 5.86. The number of benzene rings is 4. The second kappa shape index (κ2) is 11.0. The number of carboxylic acid groups (broad SMARTS) is 1. The summed E-state index contributed by atoms with van der Waals surface area (Å²) in [5, 5.41) is 11.7. The van der Waals surface area contributed by atoms with Crippen LogP contribution in [0.1, 0.15) is 43.2 Å². The van der Waals surface area contributed by atoms with Crippen LogP contribution in [0.3, 0.4) is 0 Å². The number of hydrogen-bond donors (Lipinski definition) is 1. The molecule has 1 heterocycles. The van der Waals surface area contributed by atoms with E-state index in [1.165, 1.54) is 16.3 Å². The maximum absolute atomic E-state index is 11.0. The summed E-state index contributed by atoms with van der Waals surface area (Å²) in [4.78, 5) is 13.3. The van der Waals surface area contributed by atoms with Crippen molar-refractivity contribution in [3.05, 3.63) is 96.1 Å². The zero-order valence-electron chi connectivity index (χ0n) is 21.4. The fourth-order valence-corrected chi connectivity index (χ4v) is 5.36. The zero-order chi connectivity index (χ0) is 25.8. The molecule has 0 saturated carbocycles. The molecule has 2 atom stereocenters. The molecular formula is C32H33NO4. The van der Waals surface area contributed by atoms with Crippen LogP contribution in [0, 0.1) is 6.92 Å². The summed E-state index contributed by atoms with van der Waals surface area (Å²) in [7, 11) is 0. The summed E-state index contributed by atoms with van der Waals surface area (Å²) in [5.41, 5.74) is 4.35. The quantitative estimate of drug-likeness (QED) is 0.261. The SMILES string of the molecule is Cc1c(OCC(=O)O)cccc1N1CC(CCC[C@H](C)c2cccc3ccccc23)Oc2ccccc21. The van der Waals surface area contributed by atoms with Gasteiger partial charge in [0.2, 0.25) is 0 Å². The third kappa shape index (κ3) is 5.41. The molecule has 5 rings (SSSR count). The van der Waals surface area contributed by atoms with Crippen molar-refractivity contribution in [2.24, 2.45) is 0 Å². The lowest BCUT2D eigenvalue weighted by Gasteiger charge is -2.37. The van der Waals surface area contributed by atoms with E-state index in [2.05, 4.69) is 66.4 Å². The molecule has 1 N–H and O–H groups in total. The fourth-order valence-electron chi connectivity index (χ4n) is 5.36. The first-order valence-corrected chi connectivity index (χ1v) is 13.0. The lowest BCUT2D eigenvalue weighted by molar-refractivity contribution is -0.139. The maximum atomic E-state index is 11.0. The molecule has 37 heavy (non-hydrogen) atoms. The topological polar surface area (TPSA) is 59.0 Å². The van der Waals surface area contributed by atoms with Crippen LogP contribution < -0.4 is 14.4 Å². The van der Waals surface area contributed by atoms with Gasteiger partial charge in [0.1, 0.15) is 17.6 Å². The Balaban J connectivity index is 1.31. The molecule has 4 aromatic carbocycles. The molecule has 1 unspecified atom stereocenters. The highest BCUT2D eigenvalue weighted by atomic mass is 16.5. The number of hydrogen-bond acceptors (Lipinski definition) is 4. The number of carbonyl (C=O) groups is 1. The van der Waals surface area contributed by atoms with Gasteiger partial charge in [0.15, 0.2) is 6.61 Å². The third-order valence-electron chi connectivity index (χ3n) is 7.25. The molecular weight excluding hydrogens is 462 g/mol. The minimum Gasteiger partial charge on any atom is -0.486 e. The van der Waals surface area contributed by atoms with E-state index in [-0.39, 0.29) is 12.7 Å². The second-order valence-electron chi connectivity index (χ2n) is 9.80. The number of anilines is 2. The Bertz CT molecular complexity index is 1390. The molecule has 0 bridgehead atoms. The second-order valence-corrected chi connectivity index (χ2v) is 9.80. The van der Waals surface area contributed by atoms with E-state index in [1.807, 2.05) is 37.3 Å². The van der Waals surface area contributed by atoms with Crippen LogP contribution in [0.2, 0.25) is 0 Å². The van der Waals surface area contributed by atoms with E-state index in [1.54, 1.807) is 0 Å². The molecule has 5 nitrogen and oxygen atoms in total. The van der Waals surface area contributed by atoms with Crippen molar-refractivity contribution in [3.8, 4) is 11.5 Å². The number of ether oxygens (including phenoxy) is 2. The Morgan fingerprint density at radius 2 is 1.73 bits per heavy atom. The minimum atomic E-state index is -0.987. The highest BCUT2D eigenvalue weighted by Crippen LogP contribution is 2.42. The molecule has 0 fully saturated rings. The predicted molar refractivity (Wildman–Crippen MR) is 148 cm³/mol. The van der Waals surface area contributed by atoms with Gasteiger partial charge in [-0.3, -0.25) is 0 Å². The van der Waals surface area contributed by atoms with Gasteiger partial charge in [-0.1, -0.05) is 67.6 Å². The minimum absolute atomic E-state index is 0.0533. The molecule has 1 aliphatic heterocycles. The standard InChI is InChI=1S/C32H33NO4/c1-22(26-15-8-12-24-11-3-4-14-27(24)26)10-7-13-25-20-33(29-16-5-6-18-31(29)37-25)28-17-9-19-30(23(28)2)36-21-32(34)35/h3-6,8-9,11-12,14-19,22,25H,7,10,13,20-21H2,1-2H3,(H,34,35)/t22-,25?/m0/s1. The van der Waals surface area contributed by atoms with Gasteiger partial charge in [0, 0.05) is 11.3 Å². The Morgan fingerprint density at radius 1 is 1.00 bits per heavy atom. The number of carboxylic acids is 1. The first-order valence-electron chi connectivity index (χ1n) is 13.0. The normalized spacial score (nSPS) is 15.6. The van der Waals surface area contributed by atoms with Crippen molar-refractivity contribution in [1.82, 2.24) is 0 Å². The summed E-state index contributed by atoms with van der Waals surface area (Å²) in [6.45, 7) is 4.66. The van der Waals surface area contributed by atoms with E-state index in [0.29, 0.717) is 11.7 Å². The summed E-state index contributed by atoms with van der Waals surface area (Å²) >= 11 is 0. The third-order valence-corrected chi connectivity index (χ3v) is 7.25. The average Bonchev–Trinajstić information content (AvgIpc) is 2.91. The maximum Gasteiger partial charge on any atom is 0.341 e. The molecule has 0 aromatic heterocycles. The number of para-hydroxylation sites is 2. The molecule has 0 spiro atoms. The van der Waals surface area contributed by atoms with E-state index < -0.39 is 5.97 Å². The van der Waals surface area contributed by atoms with Crippen molar-refractivity contribution < 1.29 is 19.4 Å². The molecule has 1 aliphatic rings.